The lowest BCUT2D eigenvalue weighted by Gasteiger charge is -2.39. The van der Waals surface area contributed by atoms with Crippen LogP contribution in [0.5, 0.6) is 0 Å². The van der Waals surface area contributed by atoms with E-state index in [-0.39, 0.29) is 11.7 Å². The fourth-order valence-electron chi connectivity index (χ4n) is 5.40. The number of halogens is 1. The van der Waals surface area contributed by atoms with Crippen molar-refractivity contribution in [1.82, 2.24) is 9.80 Å². The van der Waals surface area contributed by atoms with Gasteiger partial charge in [-0.1, -0.05) is 42.0 Å². The van der Waals surface area contributed by atoms with Crippen LogP contribution < -0.4 is 0 Å². The maximum atomic E-state index is 13.5. The average molecular weight is 393 g/mol. The SMILES string of the molecule is Cc1cccc(CN2CC[C@@H]3[C@H](C2)[C@@H](c2ccc(F)cc2)CN3C(=O)C2CC2)c1. The number of amides is 1. The number of aryl methyl sites for hydroxylation is 1. The van der Waals surface area contributed by atoms with Gasteiger partial charge in [-0.05, 0) is 49.4 Å². The average Bonchev–Trinajstić information content (AvgIpc) is 3.49. The van der Waals surface area contributed by atoms with Crippen molar-refractivity contribution in [3.8, 4) is 0 Å². The minimum absolute atomic E-state index is 0.195. The lowest BCUT2D eigenvalue weighted by Crippen LogP contribution is -2.48. The molecule has 1 saturated carbocycles. The standard InChI is InChI=1S/C25H29FN2O/c1-17-3-2-4-18(13-17)14-27-12-11-24-23(15-27)22(19-7-9-21(26)10-8-19)16-28(24)25(29)20-5-6-20/h2-4,7-10,13,20,22-24H,5-6,11-12,14-16H2,1H3/t22-,23-,24-/m1/s1. The van der Waals surface area contributed by atoms with Gasteiger partial charge in [0.2, 0.25) is 5.91 Å². The van der Waals surface area contributed by atoms with Gasteiger partial charge in [-0.15, -0.1) is 0 Å². The molecule has 2 aromatic carbocycles. The second-order valence-corrected chi connectivity index (χ2v) is 9.17. The van der Waals surface area contributed by atoms with Gasteiger partial charge in [0.25, 0.3) is 0 Å². The zero-order valence-corrected chi connectivity index (χ0v) is 17.1. The number of carbonyl (C=O) groups is 1. The van der Waals surface area contributed by atoms with Gasteiger partial charge in [0.1, 0.15) is 5.82 Å². The van der Waals surface area contributed by atoms with E-state index in [0.717, 1.165) is 45.4 Å². The Morgan fingerprint density at radius 1 is 1.07 bits per heavy atom. The second-order valence-electron chi connectivity index (χ2n) is 9.17. The van der Waals surface area contributed by atoms with Crippen LogP contribution in [0.4, 0.5) is 4.39 Å². The molecule has 5 rings (SSSR count). The molecule has 2 saturated heterocycles. The van der Waals surface area contributed by atoms with E-state index < -0.39 is 0 Å². The molecule has 152 valence electrons. The number of hydrogen-bond acceptors (Lipinski definition) is 2. The summed E-state index contributed by atoms with van der Waals surface area (Å²) in [7, 11) is 0. The Balaban J connectivity index is 1.38. The van der Waals surface area contributed by atoms with E-state index in [0.29, 0.717) is 23.8 Å². The van der Waals surface area contributed by atoms with Crippen molar-refractivity contribution in [2.75, 3.05) is 19.6 Å². The van der Waals surface area contributed by atoms with Crippen LogP contribution in [-0.2, 0) is 11.3 Å². The molecule has 0 N–H and O–H groups in total. The molecular weight excluding hydrogens is 363 g/mol. The van der Waals surface area contributed by atoms with Crippen molar-refractivity contribution in [1.29, 1.82) is 0 Å². The number of piperidine rings is 1. The van der Waals surface area contributed by atoms with E-state index in [1.807, 2.05) is 12.1 Å². The Morgan fingerprint density at radius 3 is 2.59 bits per heavy atom. The number of carbonyl (C=O) groups excluding carboxylic acids is 1. The Hall–Kier alpha value is -2.20. The van der Waals surface area contributed by atoms with Crippen LogP contribution in [-0.4, -0.2) is 41.4 Å². The highest BCUT2D eigenvalue weighted by Gasteiger charge is 2.49. The molecule has 2 aromatic rings. The molecule has 3 nitrogen and oxygen atoms in total. The van der Waals surface area contributed by atoms with Gasteiger partial charge in [0.05, 0.1) is 0 Å². The van der Waals surface area contributed by atoms with Gasteiger partial charge >= 0.3 is 0 Å². The summed E-state index contributed by atoms with van der Waals surface area (Å²) in [4.78, 5) is 17.7. The van der Waals surface area contributed by atoms with Gasteiger partial charge in [0, 0.05) is 50.0 Å². The number of hydrogen-bond donors (Lipinski definition) is 0. The van der Waals surface area contributed by atoms with Crippen molar-refractivity contribution in [2.24, 2.45) is 11.8 Å². The van der Waals surface area contributed by atoms with E-state index in [9.17, 15) is 9.18 Å². The van der Waals surface area contributed by atoms with Crippen molar-refractivity contribution in [3.63, 3.8) is 0 Å². The van der Waals surface area contributed by atoms with E-state index in [4.69, 9.17) is 0 Å². The van der Waals surface area contributed by atoms with Crippen LogP contribution in [0.25, 0.3) is 0 Å². The van der Waals surface area contributed by atoms with Crippen LogP contribution in [0.15, 0.2) is 48.5 Å². The number of benzene rings is 2. The monoisotopic (exact) mass is 392 g/mol. The van der Waals surface area contributed by atoms with Gasteiger partial charge in [-0.2, -0.15) is 0 Å². The molecule has 2 heterocycles. The van der Waals surface area contributed by atoms with E-state index in [1.165, 1.54) is 16.7 Å². The molecule has 0 spiro atoms. The highest BCUT2D eigenvalue weighted by Crippen LogP contribution is 2.44. The first-order valence-corrected chi connectivity index (χ1v) is 10.9. The summed E-state index contributed by atoms with van der Waals surface area (Å²) in [5.41, 5.74) is 3.82. The van der Waals surface area contributed by atoms with E-state index in [1.54, 1.807) is 12.1 Å². The summed E-state index contributed by atoms with van der Waals surface area (Å²) in [6, 6.07) is 16.0. The van der Waals surface area contributed by atoms with Crippen LogP contribution in [0.1, 0.15) is 41.9 Å². The predicted octanol–water partition coefficient (Wildman–Crippen LogP) is 4.36. The number of nitrogens with zero attached hydrogens (tertiary/aromatic N) is 2. The first-order chi connectivity index (χ1) is 14.1. The summed E-state index contributed by atoms with van der Waals surface area (Å²) in [6.45, 7) is 5.90. The maximum Gasteiger partial charge on any atom is 0.225 e. The van der Waals surface area contributed by atoms with Crippen LogP contribution in [0.3, 0.4) is 0 Å². The molecule has 29 heavy (non-hydrogen) atoms. The van der Waals surface area contributed by atoms with Gasteiger partial charge in [-0.3, -0.25) is 9.69 Å². The zero-order chi connectivity index (χ0) is 20.0. The molecule has 1 amide bonds. The minimum Gasteiger partial charge on any atom is -0.338 e. The summed E-state index contributed by atoms with van der Waals surface area (Å²) >= 11 is 0. The van der Waals surface area contributed by atoms with Crippen molar-refractivity contribution >= 4 is 5.91 Å². The van der Waals surface area contributed by atoms with Gasteiger partial charge in [0.15, 0.2) is 0 Å². The van der Waals surface area contributed by atoms with Crippen molar-refractivity contribution in [2.45, 2.75) is 44.7 Å². The van der Waals surface area contributed by atoms with E-state index >= 15 is 0 Å². The first-order valence-electron chi connectivity index (χ1n) is 10.9. The third-order valence-corrected chi connectivity index (χ3v) is 7.01. The number of rotatable bonds is 4. The van der Waals surface area contributed by atoms with Gasteiger partial charge in [-0.25, -0.2) is 4.39 Å². The Labute approximate surface area is 172 Å². The maximum absolute atomic E-state index is 13.5. The largest absolute Gasteiger partial charge is 0.338 e. The molecule has 0 aromatic heterocycles. The molecule has 0 unspecified atom stereocenters. The zero-order valence-electron chi connectivity index (χ0n) is 17.1. The highest BCUT2D eigenvalue weighted by molar-refractivity contribution is 5.82. The molecule has 0 radical (unpaired) electrons. The molecule has 3 fully saturated rings. The highest BCUT2D eigenvalue weighted by atomic mass is 19.1. The number of likely N-dealkylation sites (tertiary alicyclic amines) is 2. The third-order valence-electron chi connectivity index (χ3n) is 7.01. The van der Waals surface area contributed by atoms with Crippen LogP contribution >= 0.6 is 0 Å². The fraction of sp³-hybridized carbons (Fsp3) is 0.480. The molecular formula is C25H29FN2O. The normalized spacial score (nSPS) is 27.1. The summed E-state index contributed by atoms with van der Waals surface area (Å²) in [5.74, 6) is 1.13. The van der Waals surface area contributed by atoms with Crippen molar-refractivity contribution in [3.05, 3.63) is 71.0 Å². The number of fused-ring (bicyclic) bond motifs is 1. The predicted molar refractivity (Wildman–Crippen MR) is 112 cm³/mol. The summed E-state index contributed by atoms with van der Waals surface area (Å²) < 4.78 is 13.5. The molecule has 0 bridgehead atoms. The van der Waals surface area contributed by atoms with Crippen molar-refractivity contribution < 1.29 is 9.18 Å². The Kier molecular flexibility index (Phi) is 4.91. The summed E-state index contributed by atoms with van der Waals surface area (Å²) in [5, 5.41) is 0. The quantitative estimate of drug-likeness (QED) is 0.772. The van der Waals surface area contributed by atoms with E-state index in [2.05, 4.69) is 41.0 Å². The lowest BCUT2D eigenvalue weighted by molar-refractivity contribution is -0.134. The second kappa shape index (κ2) is 7.56. The Morgan fingerprint density at radius 2 is 1.86 bits per heavy atom. The fourth-order valence-corrected chi connectivity index (χ4v) is 5.40. The molecule has 3 aliphatic rings. The molecule has 2 aliphatic heterocycles. The summed E-state index contributed by atoms with van der Waals surface area (Å²) in [6.07, 6.45) is 3.13. The van der Waals surface area contributed by atoms with Crippen LogP contribution in [0, 0.1) is 24.6 Å². The Bertz CT molecular complexity index is 892. The third kappa shape index (κ3) is 3.83. The topological polar surface area (TPSA) is 23.6 Å². The molecule has 1 aliphatic carbocycles. The van der Waals surface area contributed by atoms with Gasteiger partial charge < -0.3 is 4.90 Å². The minimum atomic E-state index is -0.195. The lowest BCUT2D eigenvalue weighted by atomic mass is 9.81. The smallest absolute Gasteiger partial charge is 0.225 e. The molecule has 3 atom stereocenters. The molecule has 4 heteroatoms. The first kappa shape index (κ1) is 18.8. The van der Waals surface area contributed by atoms with Crippen LogP contribution in [0.2, 0.25) is 0 Å².